The highest BCUT2D eigenvalue weighted by atomic mass is 32.2. The Labute approximate surface area is 153 Å². The van der Waals surface area contributed by atoms with Crippen LogP contribution in [0.3, 0.4) is 0 Å². The van der Waals surface area contributed by atoms with Gasteiger partial charge in [0, 0.05) is 19.3 Å². The molecule has 0 radical (unpaired) electrons. The lowest BCUT2D eigenvalue weighted by molar-refractivity contribution is -0.113. The summed E-state index contributed by atoms with van der Waals surface area (Å²) in [7, 11) is 1.56. The second-order valence-corrected chi connectivity index (χ2v) is 7.10. The van der Waals surface area contributed by atoms with E-state index in [2.05, 4.69) is 26.1 Å². The number of nitrogens with zero attached hydrogens (tertiary/aromatic N) is 2. The van der Waals surface area contributed by atoms with Gasteiger partial charge in [-0.15, -0.1) is 10.2 Å². The van der Waals surface area contributed by atoms with Crippen LogP contribution in [0.4, 0.5) is 15.6 Å². The maximum absolute atomic E-state index is 12.0. The van der Waals surface area contributed by atoms with Crippen molar-refractivity contribution >= 4 is 45.9 Å². The van der Waals surface area contributed by atoms with Crippen molar-refractivity contribution in [1.82, 2.24) is 15.5 Å². The lowest BCUT2D eigenvalue weighted by Crippen LogP contribution is -2.31. The van der Waals surface area contributed by atoms with E-state index in [0.29, 0.717) is 22.6 Å². The highest BCUT2D eigenvalue weighted by Gasteiger charge is 2.11. The Kier molecular flexibility index (Phi) is 7.64. The number of para-hydroxylation sites is 1. The first-order chi connectivity index (χ1) is 12.1. The average molecular weight is 381 g/mol. The van der Waals surface area contributed by atoms with Gasteiger partial charge in [-0.05, 0) is 18.6 Å². The van der Waals surface area contributed by atoms with Gasteiger partial charge in [0.1, 0.15) is 0 Å². The van der Waals surface area contributed by atoms with Gasteiger partial charge in [0.05, 0.1) is 12.4 Å². The fourth-order valence-electron chi connectivity index (χ4n) is 1.75. The van der Waals surface area contributed by atoms with Crippen molar-refractivity contribution in [3.05, 3.63) is 29.8 Å². The van der Waals surface area contributed by atoms with Crippen molar-refractivity contribution in [3.63, 3.8) is 0 Å². The maximum atomic E-state index is 12.0. The molecule has 25 heavy (non-hydrogen) atoms. The minimum absolute atomic E-state index is 0.124. The van der Waals surface area contributed by atoms with E-state index >= 15 is 0 Å². The van der Waals surface area contributed by atoms with E-state index in [1.807, 2.05) is 31.2 Å². The molecule has 1 aromatic heterocycles. The zero-order chi connectivity index (χ0) is 18.1. The Morgan fingerprint density at radius 2 is 2.04 bits per heavy atom. The normalized spacial score (nSPS) is 10.3. The summed E-state index contributed by atoms with van der Waals surface area (Å²) in [6.07, 6.45) is 0. The third-order valence-electron chi connectivity index (χ3n) is 2.96. The number of hydrogen-bond donors (Lipinski definition) is 3. The summed E-state index contributed by atoms with van der Waals surface area (Å²) in [5, 5.41) is 16.2. The molecule has 0 spiro atoms. The molecule has 1 heterocycles. The number of thioether (sulfide) groups is 1. The molecule has 0 aliphatic rings. The van der Waals surface area contributed by atoms with Gasteiger partial charge >= 0.3 is 6.03 Å². The van der Waals surface area contributed by atoms with Crippen LogP contribution in [0.15, 0.2) is 28.6 Å². The predicted molar refractivity (Wildman–Crippen MR) is 99.3 cm³/mol. The third-order valence-corrected chi connectivity index (χ3v) is 4.94. The van der Waals surface area contributed by atoms with Gasteiger partial charge in [0.15, 0.2) is 4.34 Å². The smallest absolute Gasteiger partial charge is 0.321 e. The van der Waals surface area contributed by atoms with Crippen molar-refractivity contribution in [2.75, 3.05) is 36.6 Å². The molecule has 0 fully saturated rings. The molecule has 0 saturated heterocycles. The molecular weight excluding hydrogens is 362 g/mol. The minimum atomic E-state index is -0.373. The van der Waals surface area contributed by atoms with Crippen LogP contribution >= 0.6 is 23.1 Å². The van der Waals surface area contributed by atoms with Gasteiger partial charge in [-0.1, -0.05) is 41.3 Å². The molecule has 10 heteroatoms. The number of hydrogen-bond acceptors (Lipinski definition) is 7. The number of rotatable bonds is 8. The molecule has 0 bridgehead atoms. The number of aryl methyl sites for hydroxylation is 1. The topological polar surface area (TPSA) is 105 Å². The number of amides is 3. The molecule has 3 N–H and O–H groups in total. The summed E-state index contributed by atoms with van der Waals surface area (Å²) in [4.78, 5) is 23.6. The van der Waals surface area contributed by atoms with Gasteiger partial charge < -0.3 is 15.4 Å². The Morgan fingerprint density at radius 3 is 2.80 bits per heavy atom. The third kappa shape index (κ3) is 6.69. The van der Waals surface area contributed by atoms with Gasteiger partial charge in [-0.2, -0.15) is 0 Å². The van der Waals surface area contributed by atoms with Crippen LogP contribution in [-0.4, -0.2) is 48.1 Å². The molecule has 0 saturated carbocycles. The van der Waals surface area contributed by atoms with Crippen molar-refractivity contribution in [2.45, 2.75) is 11.3 Å². The van der Waals surface area contributed by atoms with Crippen LogP contribution in [0.2, 0.25) is 0 Å². The van der Waals surface area contributed by atoms with Crippen molar-refractivity contribution < 1.29 is 14.3 Å². The highest BCUT2D eigenvalue weighted by molar-refractivity contribution is 8.01. The number of nitrogens with one attached hydrogen (secondary N) is 3. The van der Waals surface area contributed by atoms with Crippen LogP contribution in [0, 0.1) is 6.92 Å². The number of methoxy groups -OCH3 is 1. The first kappa shape index (κ1) is 19.2. The van der Waals surface area contributed by atoms with E-state index in [1.165, 1.54) is 23.1 Å². The summed E-state index contributed by atoms with van der Waals surface area (Å²) in [6, 6.07) is 7.20. The van der Waals surface area contributed by atoms with E-state index in [0.717, 1.165) is 11.3 Å². The molecule has 2 aromatic rings. The Bertz CT molecular complexity index is 723. The number of aromatic nitrogens is 2. The minimum Gasteiger partial charge on any atom is -0.383 e. The molecule has 0 atom stereocenters. The number of anilines is 2. The van der Waals surface area contributed by atoms with E-state index < -0.39 is 0 Å². The van der Waals surface area contributed by atoms with Crippen LogP contribution < -0.4 is 16.0 Å². The van der Waals surface area contributed by atoms with Gasteiger partial charge in [0.2, 0.25) is 11.0 Å². The first-order valence-corrected chi connectivity index (χ1v) is 9.24. The summed E-state index contributed by atoms with van der Waals surface area (Å²) in [5.41, 5.74) is 1.79. The number of benzene rings is 1. The molecule has 1 aromatic carbocycles. The lowest BCUT2D eigenvalue weighted by atomic mass is 10.2. The Hall–Kier alpha value is -2.17. The first-order valence-electron chi connectivity index (χ1n) is 7.44. The largest absolute Gasteiger partial charge is 0.383 e. The second kappa shape index (κ2) is 9.97. The fraction of sp³-hybridized carbons (Fsp3) is 0.333. The zero-order valence-corrected chi connectivity index (χ0v) is 15.5. The van der Waals surface area contributed by atoms with Crippen molar-refractivity contribution in [2.24, 2.45) is 0 Å². The van der Waals surface area contributed by atoms with Crippen LogP contribution in [0.25, 0.3) is 0 Å². The van der Waals surface area contributed by atoms with Gasteiger partial charge in [-0.3, -0.25) is 10.1 Å². The van der Waals surface area contributed by atoms with Crippen LogP contribution in [-0.2, 0) is 9.53 Å². The highest BCUT2D eigenvalue weighted by Crippen LogP contribution is 2.25. The van der Waals surface area contributed by atoms with E-state index in [4.69, 9.17) is 4.74 Å². The predicted octanol–water partition coefficient (Wildman–Crippen LogP) is 2.35. The molecule has 134 valence electrons. The Balaban J connectivity index is 1.76. The molecule has 0 aliphatic heterocycles. The monoisotopic (exact) mass is 381 g/mol. The van der Waals surface area contributed by atoms with E-state index in [-0.39, 0.29) is 17.7 Å². The van der Waals surface area contributed by atoms with Crippen LogP contribution in [0.5, 0.6) is 0 Å². The summed E-state index contributed by atoms with van der Waals surface area (Å²) in [6.45, 7) is 2.77. The summed E-state index contributed by atoms with van der Waals surface area (Å²) in [5.74, 6) is 0.0875. The molecule has 3 amide bonds. The number of ether oxygens (including phenoxy) is 1. The van der Waals surface area contributed by atoms with E-state index in [9.17, 15) is 9.59 Å². The van der Waals surface area contributed by atoms with Crippen LogP contribution in [0.1, 0.15) is 5.56 Å². The standard InChI is InChI=1S/C15H19N5O3S2/c1-10-5-3-4-6-11(10)17-12(21)9-24-15-20-19-14(25-15)18-13(22)16-7-8-23-2/h3-6H,7-9H2,1-2H3,(H,17,21)(H2,16,18,19,22). The van der Waals surface area contributed by atoms with Crippen molar-refractivity contribution in [1.29, 1.82) is 0 Å². The van der Waals surface area contributed by atoms with Gasteiger partial charge in [0.25, 0.3) is 0 Å². The van der Waals surface area contributed by atoms with Crippen molar-refractivity contribution in [3.8, 4) is 0 Å². The zero-order valence-electron chi connectivity index (χ0n) is 13.9. The Morgan fingerprint density at radius 1 is 1.24 bits per heavy atom. The molecule has 2 rings (SSSR count). The lowest BCUT2D eigenvalue weighted by Gasteiger charge is -2.06. The molecule has 0 unspecified atom stereocenters. The molecular formula is C15H19N5O3S2. The SMILES string of the molecule is COCCNC(=O)Nc1nnc(SCC(=O)Nc2ccccc2C)s1. The maximum Gasteiger partial charge on any atom is 0.321 e. The number of urea groups is 1. The molecule has 0 aliphatic carbocycles. The number of carbonyl (C=O) groups excluding carboxylic acids is 2. The molecule has 8 nitrogen and oxygen atoms in total. The fourth-order valence-corrected chi connectivity index (χ4v) is 3.30. The quantitative estimate of drug-likeness (QED) is 0.368. The van der Waals surface area contributed by atoms with E-state index in [1.54, 1.807) is 7.11 Å². The second-order valence-electron chi connectivity index (χ2n) is 4.90. The summed E-state index contributed by atoms with van der Waals surface area (Å²) < 4.78 is 5.45. The summed E-state index contributed by atoms with van der Waals surface area (Å²) >= 11 is 2.47. The number of carbonyl (C=O) groups is 2. The van der Waals surface area contributed by atoms with Gasteiger partial charge in [-0.25, -0.2) is 4.79 Å². The average Bonchev–Trinajstić information content (AvgIpc) is 3.03.